The second kappa shape index (κ2) is 8.48. The lowest BCUT2D eigenvalue weighted by Crippen LogP contribution is -2.28. The van der Waals surface area contributed by atoms with Crippen LogP contribution in [-0.4, -0.2) is 33.4 Å². The van der Waals surface area contributed by atoms with Crippen molar-refractivity contribution in [2.75, 3.05) is 6.54 Å². The van der Waals surface area contributed by atoms with Crippen LogP contribution in [0.3, 0.4) is 0 Å². The Bertz CT molecular complexity index is 510. The molecule has 130 valence electrons. The number of nitrogens with zero attached hydrogens (tertiary/aromatic N) is 2. The van der Waals surface area contributed by atoms with E-state index >= 15 is 0 Å². The largest absolute Gasteiger partial charge is 0.393 e. The summed E-state index contributed by atoms with van der Waals surface area (Å²) in [6.07, 6.45) is 7.87. The number of hydrogen-bond acceptors (Lipinski definition) is 3. The second-order valence-corrected chi connectivity index (χ2v) is 7.23. The first-order chi connectivity index (χ1) is 11.0. The number of nitrogens with one attached hydrogen (secondary N) is 1. The molecule has 2 atom stereocenters. The van der Waals surface area contributed by atoms with Crippen molar-refractivity contribution in [2.24, 2.45) is 11.8 Å². The van der Waals surface area contributed by atoms with Crippen molar-refractivity contribution < 1.29 is 9.90 Å². The number of amides is 1. The van der Waals surface area contributed by atoms with Crippen LogP contribution in [0, 0.1) is 18.8 Å². The van der Waals surface area contributed by atoms with Crippen molar-refractivity contribution >= 4 is 5.91 Å². The molecule has 0 aliphatic heterocycles. The summed E-state index contributed by atoms with van der Waals surface area (Å²) < 4.78 is 1.90. The highest BCUT2D eigenvalue weighted by Gasteiger charge is 2.22. The third-order valence-corrected chi connectivity index (χ3v) is 4.79. The summed E-state index contributed by atoms with van der Waals surface area (Å²) in [6.45, 7) is 7.72. The molecular formula is C18H31N3O2. The molecule has 0 spiro atoms. The van der Waals surface area contributed by atoms with Crippen LogP contribution in [0.1, 0.15) is 68.4 Å². The lowest BCUT2D eigenvalue weighted by Gasteiger charge is -2.27. The minimum absolute atomic E-state index is 0.0401. The molecule has 0 bridgehead atoms. The highest BCUT2D eigenvalue weighted by Crippen LogP contribution is 2.27. The van der Waals surface area contributed by atoms with E-state index in [2.05, 4.69) is 24.3 Å². The van der Waals surface area contributed by atoms with E-state index in [4.69, 9.17) is 0 Å². The van der Waals surface area contributed by atoms with Crippen LogP contribution in [0.4, 0.5) is 0 Å². The molecule has 1 aliphatic rings. The third-order valence-electron chi connectivity index (χ3n) is 4.79. The average molecular weight is 321 g/mol. The van der Waals surface area contributed by atoms with Crippen molar-refractivity contribution in [3.05, 3.63) is 17.5 Å². The average Bonchev–Trinajstić information content (AvgIpc) is 2.86. The van der Waals surface area contributed by atoms with Gasteiger partial charge in [-0.1, -0.05) is 26.7 Å². The fourth-order valence-corrected chi connectivity index (χ4v) is 3.39. The number of carbonyl (C=O) groups is 1. The lowest BCUT2D eigenvalue weighted by atomic mass is 9.83. The van der Waals surface area contributed by atoms with Crippen molar-refractivity contribution in [3.8, 4) is 0 Å². The summed E-state index contributed by atoms with van der Waals surface area (Å²) in [5, 5.41) is 17.3. The SMILES string of the molecule is Cc1c(C(=O)NCCCC2CCCCC2O)cnn1CC(C)C. The standard InChI is InChI=1S/C18H31N3O2/c1-13(2)12-21-14(3)16(11-20-21)18(23)19-10-6-8-15-7-4-5-9-17(15)22/h11,13,15,17,22H,4-10,12H2,1-3H3,(H,19,23). The fraction of sp³-hybridized carbons (Fsp3) is 0.778. The highest BCUT2D eigenvalue weighted by molar-refractivity contribution is 5.94. The molecule has 1 aromatic heterocycles. The molecule has 5 nitrogen and oxygen atoms in total. The summed E-state index contributed by atoms with van der Waals surface area (Å²) in [5.74, 6) is 0.879. The quantitative estimate of drug-likeness (QED) is 0.759. The number of aliphatic hydroxyl groups excluding tert-OH is 1. The first-order valence-electron chi connectivity index (χ1n) is 8.97. The van der Waals surface area contributed by atoms with Crippen LogP contribution in [0.5, 0.6) is 0 Å². The summed E-state index contributed by atoms with van der Waals surface area (Å²) in [7, 11) is 0. The molecule has 23 heavy (non-hydrogen) atoms. The Morgan fingerprint density at radius 3 is 2.87 bits per heavy atom. The summed E-state index contributed by atoms with van der Waals surface area (Å²) >= 11 is 0. The smallest absolute Gasteiger partial charge is 0.254 e. The monoisotopic (exact) mass is 321 g/mol. The van der Waals surface area contributed by atoms with E-state index in [-0.39, 0.29) is 12.0 Å². The summed E-state index contributed by atoms with van der Waals surface area (Å²) in [5.41, 5.74) is 1.60. The van der Waals surface area contributed by atoms with E-state index < -0.39 is 0 Å². The predicted octanol–water partition coefficient (Wildman–Crippen LogP) is 2.91. The minimum Gasteiger partial charge on any atom is -0.393 e. The number of aliphatic hydroxyl groups is 1. The number of aromatic nitrogens is 2. The second-order valence-electron chi connectivity index (χ2n) is 7.23. The Hall–Kier alpha value is -1.36. The lowest BCUT2D eigenvalue weighted by molar-refractivity contribution is 0.0641. The van der Waals surface area contributed by atoms with Gasteiger partial charge in [-0.3, -0.25) is 9.48 Å². The first kappa shape index (κ1) is 18.0. The molecular weight excluding hydrogens is 290 g/mol. The summed E-state index contributed by atoms with van der Waals surface area (Å²) in [6, 6.07) is 0. The molecule has 2 rings (SSSR count). The summed E-state index contributed by atoms with van der Waals surface area (Å²) in [4.78, 5) is 12.3. The first-order valence-corrected chi connectivity index (χ1v) is 8.97. The molecule has 1 aromatic rings. The van der Waals surface area contributed by atoms with E-state index in [1.807, 2.05) is 11.6 Å². The molecule has 0 radical (unpaired) electrons. The zero-order chi connectivity index (χ0) is 16.8. The van der Waals surface area contributed by atoms with Gasteiger partial charge in [-0.15, -0.1) is 0 Å². The Morgan fingerprint density at radius 1 is 1.43 bits per heavy atom. The fourth-order valence-electron chi connectivity index (χ4n) is 3.39. The molecule has 1 aliphatic carbocycles. The van der Waals surface area contributed by atoms with E-state index in [9.17, 15) is 9.90 Å². The number of rotatable bonds is 7. The van der Waals surface area contributed by atoms with Gasteiger partial charge in [0.2, 0.25) is 0 Å². The van der Waals surface area contributed by atoms with Gasteiger partial charge in [0.15, 0.2) is 0 Å². The van der Waals surface area contributed by atoms with Crippen LogP contribution >= 0.6 is 0 Å². The molecule has 5 heteroatoms. The van der Waals surface area contributed by atoms with E-state index in [1.54, 1.807) is 6.20 Å². The van der Waals surface area contributed by atoms with E-state index in [0.717, 1.165) is 44.3 Å². The maximum absolute atomic E-state index is 12.3. The Morgan fingerprint density at radius 2 is 2.17 bits per heavy atom. The molecule has 0 saturated heterocycles. The van der Waals surface area contributed by atoms with Gasteiger partial charge in [0, 0.05) is 18.8 Å². The van der Waals surface area contributed by atoms with Gasteiger partial charge in [0.25, 0.3) is 5.91 Å². The van der Waals surface area contributed by atoms with Crippen molar-refractivity contribution in [2.45, 2.75) is 71.9 Å². The van der Waals surface area contributed by atoms with Gasteiger partial charge in [0.05, 0.1) is 17.9 Å². The Balaban J connectivity index is 1.75. The minimum atomic E-state index is -0.143. The topological polar surface area (TPSA) is 67.2 Å². The molecule has 1 amide bonds. The number of hydrogen-bond donors (Lipinski definition) is 2. The molecule has 2 unspecified atom stereocenters. The normalized spacial score (nSPS) is 21.6. The van der Waals surface area contributed by atoms with Crippen LogP contribution in [-0.2, 0) is 6.54 Å². The highest BCUT2D eigenvalue weighted by atomic mass is 16.3. The van der Waals surface area contributed by atoms with Gasteiger partial charge in [-0.2, -0.15) is 5.10 Å². The van der Waals surface area contributed by atoms with Crippen molar-refractivity contribution in [1.82, 2.24) is 15.1 Å². The number of carbonyl (C=O) groups excluding carboxylic acids is 1. The molecule has 2 N–H and O–H groups in total. The van der Waals surface area contributed by atoms with Crippen LogP contribution in [0.25, 0.3) is 0 Å². The molecule has 1 heterocycles. The maximum Gasteiger partial charge on any atom is 0.254 e. The van der Waals surface area contributed by atoms with Gasteiger partial charge in [0.1, 0.15) is 0 Å². The Labute approximate surface area is 139 Å². The van der Waals surface area contributed by atoms with Crippen LogP contribution in [0.2, 0.25) is 0 Å². The van der Waals surface area contributed by atoms with Gasteiger partial charge in [-0.05, 0) is 44.4 Å². The van der Waals surface area contributed by atoms with Gasteiger partial charge < -0.3 is 10.4 Å². The van der Waals surface area contributed by atoms with E-state index in [1.165, 1.54) is 6.42 Å². The van der Waals surface area contributed by atoms with E-state index in [0.29, 0.717) is 23.9 Å². The molecule has 1 fully saturated rings. The van der Waals surface area contributed by atoms with Crippen molar-refractivity contribution in [3.63, 3.8) is 0 Å². The molecule has 0 aromatic carbocycles. The third kappa shape index (κ3) is 5.06. The van der Waals surface area contributed by atoms with Gasteiger partial charge >= 0.3 is 0 Å². The van der Waals surface area contributed by atoms with Crippen molar-refractivity contribution in [1.29, 1.82) is 0 Å². The van der Waals surface area contributed by atoms with Crippen LogP contribution in [0.15, 0.2) is 6.20 Å². The Kier molecular flexibility index (Phi) is 6.63. The molecule has 1 saturated carbocycles. The van der Waals surface area contributed by atoms with Crippen LogP contribution < -0.4 is 5.32 Å². The predicted molar refractivity (Wildman–Crippen MR) is 91.3 cm³/mol. The maximum atomic E-state index is 12.3. The zero-order valence-corrected chi connectivity index (χ0v) is 14.7. The zero-order valence-electron chi connectivity index (χ0n) is 14.7. The van der Waals surface area contributed by atoms with Gasteiger partial charge in [-0.25, -0.2) is 0 Å².